The zero-order chi connectivity index (χ0) is 19.0. The summed E-state index contributed by atoms with van der Waals surface area (Å²) < 4.78 is 0. The van der Waals surface area contributed by atoms with E-state index >= 15 is 0 Å². The van der Waals surface area contributed by atoms with E-state index in [1.165, 1.54) is 83.5 Å². The smallest absolute Gasteiger partial charge is 0.0939 e. The van der Waals surface area contributed by atoms with Gasteiger partial charge in [-0.05, 0) is 0 Å². The van der Waals surface area contributed by atoms with Gasteiger partial charge in [-0.1, -0.05) is 153 Å². The average Bonchev–Trinajstić information content (AvgIpc) is 2.63. The summed E-state index contributed by atoms with van der Waals surface area (Å²) in [5.41, 5.74) is 0. The summed E-state index contributed by atoms with van der Waals surface area (Å²) in [6.07, 6.45) is 23.3. The van der Waals surface area contributed by atoms with Crippen molar-refractivity contribution in [2.24, 2.45) is 0 Å². The van der Waals surface area contributed by atoms with Gasteiger partial charge in [-0.25, -0.2) is 0 Å². The molecule has 1 heteroatoms. The molecule has 0 aliphatic carbocycles. The Morgan fingerprint density at radius 1 is 0.320 bits per heavy atom. The lowest BCUT2D eigenvalue weighted by Gasteiger charge is -2.11. The van der Waals surface area contributed by atoms with Crippen molar-refractivity contribution in [2.75, 3.05) is 0 Å². The highest BCUT2D eigenvalue weighted by molar-refractivity contribution is 6.58. The minimum Gasteiger partial charge on any atom is -0.0939 e. The van der Waals surface area contributed by atoms with E-state index in [2.05, 4.69) is 34.6 Å². The maximum atomic E-state index is 2.32. The van der Waals surface area contributed by atoms with Gasteiger partial charge >= 0.3 is 0 Å². The van der Waals surface area contributed by atoms with Gasteiger partial charge in [0.15, 0.2) is 0 Å². The van der Waals surface area contributed by atoms with Crippen molar-refractivity contribution in [2.45, 2.75) is 153 Å². The van der Waals surface area contributed by atoms with Crippen molar-refractivity contribution < 1.29 is 0 Å². The van der Waals surface area contributed by atoms with Crippen LogP contribution in [-0.2, 0) is 0 Å². The summed E-state index contributed by atoms with van der Waals surface area (Å²) >= 11 is -0.362. The van der Waals surface area contributed by atoms with Crippen LogP contribution in [0, 0.1) is 0 Å². The van der Waals surface area contributed by atoms with E-state index in [1.54, 1.807) is 35.1 Å². The van der Waals surface area contributed by atoms with Crippen molar-refractivity contribution >= 4 is 14.1 Å². The van der Waals surface area contributed by atoms with Gasteiger partial charge in [-0.15, -0.1) is 0 Å². The first-order valence-corrected chi connectivity index (χ1v) is 14.7. The van der Waals surface area contributed by atoms with Crippen LogP contribution in [0.5, 0.6) is 0 Å². The third-order valence-corrected chi connectivity index (χ3v) is 9.03. The fourth-order valence-corrected chi connectivity index (χ4v) is 6.98. The van der Waals surface area contributed by atoms with Crippen LogP contribution in [0.3, 0.4) is 0 Å². The zero-order valence-corrected chi connectivity index (χ0v) is 20.2. The van der Waals surface area contributed by atoms with Crippen LogP contribution in [-0.4, -0.2) is 14.1 Å². The van der Waals surface area contributed by atoms with Gasteiger partial charge in [-0.3, -0.25) is 0 Å². The molecule has 0 aromatic heterocycles. The third kappa shape index (κ3) is 26.9. The normalized spacial score (nSPS) is 10.4. The Kier molecular flexibility index (Phi) is 29.7. The van der Waals surface area contributed by atoms with Crippen LogP contribution < -0.4 is 0 Å². The summed E-state index contributed by atoms with van der Waals surface area (Å²) in [6, 6.07) is 0. The molecule has 0 saturated heterocycles. The van der Waals surface area contributed by atoms with E-state index < -0.39 is 0 Å². The molecule has 0 atom stereocenters. The molecule has 0 saturated carbocycles. The highest BCUT2D eigenvalue weighted by atomic mass is 27.2. The maximum Gasteiger partial charge on any atom is 0.261 e. The van der Waals surface area contributed by atoms with Crippen LogP contribution in [0.1, 0.15) is 137 Å². The van der Waals surface area contributed by atoms with E-state index in [9.17, 15) is 0 Å². The largest absolute Gasteiger partial charge is 0.261 e. The molecule has 0 fully saturated rings. The van der Waals surface area contributed by atoms with E-state index in [-0.39, 0.29) is 14.1 Å². The van der Waals surface area contributed by atoms with Gasteiger partial charge in [0.1, 0.15) is 0 Å². The Balaban J connectivity index is 0. The minimum atomic E-state index is -0.362. The van der Waals surface area contributed by atoms with Crippen molar-refractivity contribution in [3.05, 3.63) is 0 Å². The molecule has 0 spiro atoms. The molecule has 0 aromatic rings. The molecule has 0 unspecified atom stereocenters. The molecule has 0 amide bonds. The molecule has 0 aliphatic heterocycles. The highest BCUT2D eigenvalue weighted by Gasteiger charge is 2.15. The first kappa shape index (κ1) is 27.7. The zero-order valence-electron chi connectivity index (χ0n) is 19.0. The standard InChI is InChI=1S/C6H14.3C6H13.Al/c4*1-3-5-6-4-2;/h3-6H2,1-2H3;3*1,3-6H2,2H3;. The Labute approximate surface area is 167 Å². The van der Waals surface area contributed by atoms with Crippen molar-refractivity contribution in [1.29, 1.82) is 0 Å². The average molecular weight is 369 g/mol. The number of hydrogen-bond acceptors (Lipinski definition) is 0. The summed E-state index contributed by atoms with van der Waals surface area (Å²) in [5.74, 6) is 0. The molecule has 0 aromatic carbocycles. The van der Waals surface area contributed by atoms with E-state index in [0.717, 1.165) is 0 Å². The first-order chi connectivity index (χ1) is 12.3. The highest BCUT2D eigenvalue weighted by Crippen LogP contribution is 2.19. The molecule has 152 valence electrons. The quantitative estimate of drug-likeness (QED) is 0.167. The molecule has 0 N–H and O–H groups in total. The van der Waals surface area contributed by atoms with Crippen molar-refractivity contribution in [3.63, 3.8) is 0 Å². The second-order valence-electron chi connectivity index (χ2n) is 8.12. The van der Waals surface area contributed by atoms with Gasteiger partial charge in [0.25, 0.3) is 14.1 Å². The van der Waals surface area contributed by atoms with Gasteiger partial charge < -0.3 is 0 Å². The van der Waals surface area contributed by atoms with Gasteiger partial charge in [0.05, 0.1) is 0 Å². The van der Waals surface area contributed by atoms with E-state index in [1.807, 2.05) is 0 Å². The lowest BCUT2D eigenvalue weighted by Crippen LogP contribution is -2.11. The van der Waals surface area contributed by atoms with E-state index in [4.69, 9.17) is 0 Å². The number of rotatable bonds is 18. The molecule has 25 heavy (non-hydrogen) atoms. The van der Waals surface area contributed by atoms with Gasteiger partial charge in [0, 0.05) is 0 Å². The van der Waals surface area contributed by atoms with Crippen LogP contribution in [0.15, 0.2) is 0 Å². The first-order valence-electron chi connectivity index (χ1n) is 12.3. The molecule has 0 aliphatic rings. The molecule has 0 nitrogen and oxygen atoms in total. The number of unbranched alkanes of at least 4 members (excludes halogenated alkanes) is 12. The Bertz CT molecular complexity index is 170. The predicted molar refractivity (Wildman–Crippen MR) is 122 cm³/mol. The summed E-state index contributed by atoms with van der Waals surface area (Å²) in [5, 5.41) is 4.95. The van der Waals surface area contributed by atoms with Gasteiger partial charge in [-0.2, -0.15) is 0 Å². The van der Waals surface area contributed by atoms with Crippen LogP contribution in [0.25, 0.3) is 0 Å². The second kappa shape index (κ2) is 26.8. The summed E-state index contributed by atoms with van der Waals surface area (Å²) in [4.78, 5) is 0. The van der Waals surface area contributed by atoms with Crippen molar-refractivity contribution in [1.82, 2.24) is 0 Å². The summed E-state index contributed by atoms with van der Waals surface area (Å²) in [6.45, 7) is 11.4. The molecular weight excluding hydrogens is 315 g/mol. The minimum absolute atomic E-state index is 0.362. The molecule has 0 bridgehead atoms. The fraction of sp³-hybridized carbons (Fsp3) is 1.00. The van der Waals surface area contributed by atoms with Crippen molar-refractivity contribution in [3.8, 4) is 0 Å². The van der Waals surface area contributed by atoms with Crippen LogP contribution >= 0.6 is 0 Å². The van der Waals surface area contributed by atoms with Crippen LogP contribution in [0.4, 0.5) is 0 Å². The monoisotopic (exact) mass is 368 g/mol. The maximum absolute atomic E-state index is 2.32. The molecule has 0 heterocycles. The Morgan fingerprint density at radius 2 is 0.560 bits per heavy atom. The third-order valence-electron chi connectivity index (χ3n) is 5.35. The molecular formula is C24H53Al. The Morgan fingerprint density at radius 3 is 0.800 bits per heavy atom. The van der Waals surface area contributed by atoms with Crippen LogP contribution in [0.2, 0.25) is 15.8 Å². The topological polar surface area (TPSA) is 0 Å². The molecule has 0 radical (unpaired) electrons. The Hall–Kier alpha value is 0.532. The van der Waals surface area contributed by atoms with Gasteiger partial charge in [0.2, 0.25) is 0 Å². The lowest BCUT2D eigenvalue weighted by molar-refractivity contribution is 0.672. The second-order valence-corrected chi connectivity index (χ2v) is 11.6. The SMILES string of the molecule is CCCCCC.CCCCC[CH2][Al]([CH2]CCCCC)[CH2]CCCCC. The number of hydrogen-bond donors (Lipinski definition) is 0. The summed E-state index contributed by atoms with van der Waals surface area (Å²) in [7, 11) is 0. The van der Waals surface area contributed by atoms with E-state index in [0.29, 0.717) is 0 Å². The lowest BCUT2D eigenvalue weighted by atomic mass is 10.2. The molecule has 0 rings (SSSR count). The predicted octanol–water partition coefficient (Wildman–Crippen LogP) is 9.81. The fourth-order valence-electron chi connectivity index (χ4n) is 3.51.